The minimum Gasteiger partial charge on any atom is -0.409 e. The van der Waals surface area contributed by atoms with Gasteiger partial charge in [-0.15, -0.1) is 0 Å². The fourth-order valence-corrected chi connectivity index (χ4v) is 2.68. The summed E-state index contributed by atoms with van der Waals surface area (Å²) in [5.41, 5.74) is 7.60. The molecular formula is C12H21ClN6O. The lowest BCUT2D eigenvalue weighted by Gasteiger charge is -2.34. The van der Waals surface area contributed by atoms with Gasteiger partial charge in [-0.3, -0.25) is 14.5 Å². The zero-order chi connectivity index (χ0) is 14.7. The Hall–Kier alpha value is -1.31. The number of amidine groups is 1. The first kappa shape index (κ1) is 15.1. The first-order chi connectivity index (χ1) is 9.51. The zero-order valence-corrected chi connectivity index (χ0v) is 12.6. The zero-order valence-electron chi connectivity index (χ0n) is 11.9. The number of hydrogen-bond acceptors (Lipinski definition) is 5. The molecule has 1 aromatic heterocycles. The number of halogens is 1. The van der Waals surface area contributed by atoms with E-state index in [2.05, 4.69) is 20.1 Å². The maximum absolute atomic E-state index is 8.58. The van der Waals surface area contributed by atoms with E-state index in [1.165, 1.54) is 0 Å². The second kappa shape index (κ2) is 6.43. The average molecular weight is 301 g/mol. The number of aromatic nitrogens is 2. The summed E-state index contributed by atoms with van der Waals surface area (Å²) in [5.74, 6) is 0.254. The molecule has 1 saturated heterocycles. The molecule has 2 heterocycles. The van der Waals surface area contributed by atoms with E-state index in [4.69, 9.17) is 22.5 Å². The Labute approximate surface area is 123 Å². The Morgan fingerprint density at radius 2 is 1.95 bits per heavy atom. The second-order valence-corrected chi connectivity index (χ2v) is 5.48. The summed E-state index contributed by atoms with van der Waals surface area (Å²) in [6.07, 6.45) is 0. The minimum absolute atomic E-state index is 0.254. The first-order valence-electron chi connectivity index (χ1n) is 6.60. The van der Waals surface area contributed by atoms with Crippen LogP contribution in [0, 0.1) is 6.92 Å². The van der Waals surface area contributed by atoms with Crippen LogP contribution in [0.1, 0.15) is 11.3 Å². The van der Waals surface area contributed by atoms with Crippen molar-refractivity contribution in [3.05, 3.63) is 16.4 Å². The van der Waals surface area contributed by atoms with E-state index in [-0.39, 0.29) is 5.84 Å². The van der Waals surface area contributed by atoms with E-state index >= 15 is 0 Å². The monoisotopic (exact) mass is 300 g/mol. The first-order valence-corrected chi connectivity index (χ1v) is 6.98. The van der Waals surface area contributed by atoms with Crippen molar-refractivity contribution in [3.8, 4) is 0 Å². The van der Waals surface area contributed by atoms with E-state index in [1.54, 1.807) is 4.68 Å². The van der Waals surface area contributed by atoms with Gasteiger partial charge >= 0.3 is 0 Å². The largest absolute Gasteiger partial charge is 0.409 e. The molecule has 7 nitrogen and oxygen atoms in total. The van der Waals surface area contributed by atoms with Crippen LogP contribution in [-0.2, 0) is 13.6 Å². The molecule has 0 spiro atoms. The predicted molar refractivity (Wildman–Crippen MR) is 78.1 cm³/mol. The van der Waals surface area contributed by atoms with Crippen molar-refractivity contribution in [1.29, 1.82) is 0 Å². The molecule has 0 radical (unpaired) electrons. The van der Waals surface area contributed by atoms with Crippen LogP contribution in [0.3, 0.4) is 0 Å². The van der Waals surface area contributed by atoms with Gasteiger partial charge < -0.3 is 10.9 Å². The van der Waals surface area contributed by atoms with Gasteiger partial charge in [0.15, 0.2) is 5.84 Å². The number of oxime groups is 1. The van der Waals surface area contributed by atoms with Gasteiger partial charge in [0.25, 0.3) is 0 Å². The Morgan fingerprint density at radius 1 is 1.35 bits per heavy atom. The minimum atomic E-state index is 0.254. The molecule has 0 amide bonds. The van der Waals surface area contributed by atoms with Gasteiger partial charge in [0.1, 0.15) is 5.15 Å². The van der Waals surface area contributed by atoms with Crippen LogP contribution in [0.15, 0.2) is 5.16 Å². The van der Waals surface area contributed by atoms with E-state index in [0.717, 1.165) is 44.0 Å². The molecule has 112 valence electrons. The molecule has 8 heteroatoms. The number of aryl methyl sites for hydroxylation is 2. The maximum atomic E-state index is 8.58. The van der Waals surface area contributed by atoms with E-state index in [9.17, 15) is 0 Å². The van der Waals surface area contributed by atoms with Crippen molar-refractivity contribution in [2.24, 2.45) is 17.9 Å². The number of piperazine rings is 1. The normalized spacial score (nSPS) is 18.6. The Bertz CT molecular complexity index is 492. The molecule has 1 fully saturated rings. The van der Waals surface area contributed by atoms with Crippen molar-refractivity contribution in [1.82, 2.24) is 19.6 Å². The van der Waals surface area contributed by atoms with Crippen molar-refractivity contribution in [2.75, 3.05) is 32.7 Å². The van der Waals surface area contributed by atoms with Gasteiger partial charge in [-0.1, -0.05) is 16.8 Å². The van der Waals surface area contributed by atoms with E-state index < -0.39 is 0 Å². The van der Waals surface area contributed by atoms with Gasteiger partial charge in [0.2, 0.25) is 0 Å². The fourth-order valence-electron chi connectivity index (χ4n) is 2.44. The van der Waals surface area contributed by atoms with Crippen LogP contribution >= 0.6 is 11.6 Å². The Kier molecular flexibility index (Phi) is 4.85. The SMILES string of the molecule is Cc1nn(C)c(Cl)c1CN1CCN(CC(N)=NO)CC1. The fraction of sp³-hybridized carbons (Fsp3) is 0.667. The van der Waals surface area contributed by atoms with Crippen molar-refractivity contribution in [3.63, 3.8) is 0 Å². The lowest BCUT2D eigenvalue weighted by Crippen LogP contribution is -2.48. The Morgan fingerprint density at radius 3 is 2.45 bits per heavy atom. The summed E-state index contributed by atoms with van der Waals surface area (Å²) in [6, 6.07) is 0. The number of rotatable bonds is 4. The third-order valence-electron chi connectivity index (χ3n) is 3.63. The molecule has 1 aliphatic rings. The molecule has 2 rings (SSSR count). The van der Waals surface area contributed by atoms with Crippen LogP contribution in [0.2, 0.25) is 5.15 Å². The van der Waals surface area contributed by atoms with Gasteiger partial charge in [0.05, 0.1) is 12.2 Å². The summed E-state index contributed by atoms with van der Waals surface area (Å²) in [5, 5.41) is 16.6. The van der Waals surface area contributed by atoms with E-state index in [0.29, 0.717) is 11.7 Å². The highest BCUT2D eigenvalue weighted by atomic mass is 35.5. The Balaban J connectivity index is 1.88. The molecule has 1 aromatic rings. The quantitative estimate of drug-likeness (QED) is 0.360. The maximum Gasteiger partial charge on any atom is 0.153 e. The van der Waals surface area contributed by atoms with Gasteiger partial charge in [-0.05, 0) is 6.92 Å². The summed E-state index contributed by atoms with van der Waals surface area (Å²) >= 11 is 6.25. The molecule has 3 N–H and O–H groups in total. The van der Waals surface area contributed by atoms with Crippen molar-refractivity contribution in [2.45, 2.75) is 13.5 Å². The van der Waals surface area contributed by atoms with Crippen LogP contribution < -0.4 is 5.73 Å². The van der Waals surface area contributed by atoms with Crippen LogP contribution in [-0.4, -0.2) is 63.3 Å². The van der Waals surface area contributed by atoms with Crippen molar-refractivity contribution < 1.29 is 5.21 Å². The molecule has 20 heavy (non-hydrogen) atoms. The highest BCUT2D eigenvalue weighted by Gasteiger charge is 2.20. The van der Waals surface area contributed by atoms with Gasteiger partial charge in [-0.2, -0.15) is 5.10 Å². The van der Waals surface area contributed by atoms with Gasteiger partial charge in [-0.25, -0.2) is 0 Å². The van der Waals surface area contributed by atoms with E-state index in [1.807, 2.05) is 14.0 Å². The summed E-state index contributed by atoms with van der Waals surface area (Å²) in [7, 11) is 1.85. The molecule has 0 aliphatic carbocycles. The third-order valence-corrected chi connectivity index (χ3v) is 4.10. The molecule has 0 atom stereocenters. The number of nitrogens with zero attached hydrogens (tertiary/aromatic N) is 5. The summed E-state index contributed by atoms with van der Waals surface area (Å²) < 4.78 is 1.71. The second-order valence-electron chi connectivity index (χ2n) is 5.12. The predicted octanol–water partition coefficient (Wildman–Crippen LogP) is 0.246. The highest BCUT2D eigenvalue weighted by molar-refractivity contribution is 6.30. The highest BCUT2D eigenvalue weighted by Crippen LogP contribution is 2.21. The lowest BCUT2D eigenvalue weighted by atomic mass is 10.2. The van der Waals surface area contributed by atoms with Crippen LogP contribution in [0.5, 0.6) is 0 Å². The molecule has 0 aromatic carbocycles. The van der Waals surface area contributed by atoms with Crippen LogP contribution in [0.4, 0.5) is 0 Å². The molecule has 0 saturated carbocycles. The molecule has 1 aliphatic heterocycles. The molecular weight excluding hydrogens is 280 g/mol. The number of hydrogen-bond donors (Lipinski definition) is 2. The average Bonchev–Trinajstić information content (AvgIpc) is 2.67. The van der Waals surface area contributed by atoms with Crippen molar-refractivity contribution >= 4 is 17.4 Å². The summed E-state index contributed by atoms with van der Waals surface area (Å²) in [4.78, 5) is 4.52. The third kappa shape index (κ3) is 3.41. The van der Waals surface area contributed by atoms with Crippen LogP contribution in [0.25, 0.3) is 0 Å². The molecule has 0 bridgehead atoms. The summed E-state index contributed by atoms with van der Waals surface area (Å²) in [6.45, 7) is 6.97. The lowest BCUT2D eigenvalue weighted by molar-refractivity contribution is 0.139. The standard InChI is InChI=1S/C12H21ClN6O/c1-9-10(12(13)17(2)15-9)7-18-3-5-19(6-4-18)8-11(14)16-20/h20H,3-8H2,1-2H3,(H2,14,16). The molecule has 0 unspecified atom stereocenters. The smallest absolute Gasteiger partial charge is 0.153 e. The van der Waals surface area contributed by atoms with Gasteiger partial charge in [0, 0.05) is 45.3 Å². The topological polar surface area (TPSA) is 82.9 Å². The number of nitrogens with two attached hydrogens (primary N) is 1.